The van der Waals surface area contributed by atoms with Gasteiger partial charge in [0.15, 0.2) is 0 Å². The predicted octanol–water partition coefficient (Wildman–Crippen LogP) is 4.11. The first-order valence-electron chi connectivity index (χ1n) is 5.76. The number of amides is 1. The normalized spacial score (nSPS) is 10.4. The number of nitrogens with zero attached hydrogens (tertiary/aromatic N) is 2. The largest absolute Gasteiger partial charge is 0.309 e. The molecule has 6 heteroatoms. The van der Waals surface area contributed by atoms with E-state index in [9.17, 15) is 9.18 Å². The molecule has 20 heavy (non-hydrogen) atoms. The maximum absolute atomic E-state index is 13.0. The lowest BCUT2D eigenvalue weighted by molar-refractivity contribution is 0.0987. The number of hydrogen-bond donors (Lipinski definition) is 0. The molecule has 0 N–H and O–H groups in total. The van der Waals surface area contributed by atoms with Crippen LogP contribution in [0.15, 0.2) is 30.3 Å². The smallest absolute Gasteiger partial charge is 0.276 e. The number of carbonyl (C=O) groups excluding carboxylic acids is 1. The molecule has 0 aliphatic rings. The number of carbonyl (C=O) groups is 1. The average molecular weight is 313 g/mol. The van der Waals surface area contributed by atoms with Gasteiger partial charge in [0.25, 0.3) is 5.91 Å². The highest BCUT2D eigenvalue weighted by Gasteiger charge is 2.19. The molecule has 0 spiro atoms. The van der Waals surface area contributed by atoms with Gasteiger partial charge in [-0.1, -0.05) is 29.3 Å². The third-order valence-electron chi connectivity index (χ3n) is 2.84. The minimum Gasteiger partial charge on any atom is -0.309 e. The zero-order valence-electron chi connectivity index (χ0n) is 10.8. The van der Waals surface area contributed by atoms with Crippen LogP contribution in [-0.4, -0.2) is 17.9 Å². The Morgan fingerprint density at radius 1 is 1.25 bits per heavy atom. The minimum absolute atomic E-state index is 0.153. The van der Waals surface area contributed by atoms with E-state index in [1.807, 2.05) is 0 Å². The Bertz CT molecular complexity index is 676. The standard InChI is InChI=1S/C14H11Cl2FN2O/c1-8-3-6-12(16)18-13(8)14(20)19(2)11-5-4-9(17)7-10(11)15/h3-7H,1-2H3. The van der Waals surface area contributed by atoms with Crippen molar-refractivity contribution in [2.75, 3.05) is 11.9 Å². The number of aromatic nitrogens is 1. The van der Waals surface area contributed by atoms with E-state index in [0.29, 0.717) is 11.3 Å². The average Bonchev–Trinajstić information content (AvgIpc) is 2.40. The quantitative estimate of drug-likeness (QED) is 0.782. The number of hydrogen-bond acceptors (Lipinski definition) is 2. The molecule has 0 saturated carbocycles. The van der Waals surface area contributed by atoms with Gasteiger partial charge in [0.2, 0.25) is 0 Å². The SMILES string of the molecule is Cc1ccc(Cl)nc1C(=O)N(C)c1ccc(F)cc1Cl. The van der Waals surface area contributed by atoms with Gasteiger partial charge in [-0.05, 0) is 36.8 Å². The zero-order chi connectivity index (χ0) is 14.9. The van der Waals surface area contributed by atoms with Crippen molar-refractivity contribution >= 4 is 34.8 Å². The maximum Gasteiger partial charge on any atom is 0.276 e. The molecule has 1 heterocycles. The van der Waals surface area contributed by atoms with Gasteiger partial charge in [0.1, 0.15) is 16.7 Å². The Hall–Kier alpha value is -1.65. The van der Waals surface area contributed by atoms with Gasteiger partial charge in [-0.25, -0.2) is 9.37 Å². The van der Waals surface area contributed by atoms with E-state index in [4.69, 9.17) is 23.2 Å². The number of rotatable bonds is 2. The molecular formula is C14H11Cl2FN2O. The molecule has 0 saturated heterocycles. The van der Waals surface area contributed by atoms with Gasteiger partial charge in [-0.2, -0.15) is 0 Å². The summed E-state index contributed by atoms with van der Waals surface area (Å²) in [4.78, 5) is 17.7. The van der Waals surface area contributed by atoms with Gasteiger partial charge in [0.05, 0.1) is 10.7 Å². The van der Waals surface area contributed by atoms with Gasteiger partial charge >= 0.3 is 0 Å². The molecule has 0 atom stereocenters. The molecule has 0 radical (unpaired) electrons. The number of aryl methyl sites for hydroxylation is 1. The fraction of sp³-hybridized carbons (Fsp3) is 0.143. The third-order valence-corrected chi connectivity index (χ3v) is 3.35. The maximum atomic E-state index is 13.0. The van der Waals surface area contributed by atoms with Crippen molar-refractivity contribution in [2.45, 2.75) is 6.92 Å². The van der Waals surface area contributed by atoms with Crippen LogP contribution in [0.1, 0.15) is 16.1 Å². The Labute approximate surface area is 125 Å². The Morgan fingerprint density at radius 2 is 1.95 bits per heavy atom. The molecule has 0 unspecified atom stereocenters. The van der Waals surface area contributed by atoms with Crippen molar-refractivity contribution in [1.29, 1.82) is 0 Å². The van der Waals surface area contributed by atoms with Crippen LogP contribution in [-0.2, 0) is 0 Å². The number of benzene rings is 1. The monoisotopic (exact) mass is 312 g/mol. The zero-order valence-corrected chi connectivity index (χ0v) is 12.3. The molecule has 1 aromatic heterocycles. The van der Waals surface area contributed by atoms with Crippen molar-refractivity contribution in [1.82, 2.24) is 4.98 Å². The predicted molar refractivity (Wildman–Crippen MR) is 78.1 cm³/mol. The summed E-state index contributed by atoms with van der Waals surface area (Å²) in [6, 6.07) is 7.15. The topological polar surface area (TPSA) is 33.2 Å². The fourth-order valence-electron chi connectivity index (χ4n) is 1.74. The summed E-state index contributed by atoms with van der Waals surface area (Å²) in [6.07, 6.45) is 0. The first-order chi connectivity index (χ1) is 9.40. The van der Waals surface area contributed by atoms with Crippen molar-refractivity contribution in [3.8, 4) is 0 Å². The second kappa shape index (κ2) is 5.77. The van der Waals surface area contributed by atoms with Crippen molar-refractivity contribution in [2.24, 2.45) is 0 Å². The molecule has 104 valence electrons. The summed E-state index contributed by atoms with van der Waals surface area (Å²) in [6.45, 7) is 1.76. The molecule has 1 amide bonds. The van der Waals surface area contributed by atoms with E-state index in [2.05, 4.69) is 4.98 Å². The number of halogens is 3. The molecule has 2 rings (SSSR count). The summed E-state index contributed by atoms with van der Waals surface area (Å²) in [7, 11) is 1.55. The molecule has 0 fully saturated rings. The summed E-state index contributed by atoms with van der Waals surface area (Å²) < 4.78 is 13.0. The van der Waals surface area contributed by atoms with Crippen LogP contribution in [0.3, 0.4) is 0 Å². The van der Waals surface area contributed by atoms with Crippen LogP contribution in [0.25, 0.3) is 0 Å². The van der Waals surface area contributed by atoms with E-state index in [1.54, 1.807) is 26.1 Å². The lowest BCUT2D eigenvalue weighted by atomic mass is 10.2. The fourth-order valence-corrected chi connectivity index (χ4v) is 2.18. The summed E-state index contributed by atoms with van der Waals surface area (Å²) >= 11 is 11.8. The van der Waals surface area contributed by atoms with Crippen LogP contribution < -0.4 is 4.90 Å². The molecule has 1 aromatic carbocycles. The van der Waals surface area contributed by atoms with Crippen molar-refractivity contribution in [3.63, 3.8) is 0 Å². The summed E-state index contributed by atoms with van der Waals surface area (Å²) in [5.74, 6) is -0.824. The van der Waals surface area contributed by atoms with Crippen molar-refractivity contribution < 1.29 is 9.18 Å². The molecule has 2 aromatic rings. The van der Waals surface area contributed by atoms with Crippen LogP contribution >= 0.6 is 23.2 Å². The highest BCUT2D eigenvalue weighted by molar-refractivity contribution is 6.34. The minimum atomic E-state index is -0.461. The van der Waals surface area contributed by atoms with Crippen molar-refractivity contribution in [3.05, 3.63) is 57.6 Å². The summed E-state index contributed by atoms with van der Waals surface area (Å²) in [5, 5.41) is 0.387. The molecular weight excluding hydrogens is 302 g/mol. The number of pyridine rings is 1. The van der Waals surface area contributed by atoms with Crippen LogP contribution in [0.2, 0.25) is 10.2 Å². The van der Waals surface area contributed by atoms with Crippen LogP contribution in [0.4, 0.5) is 10.1 Å². The molecule has 0 aliphatic carbocycles. The molecule has 0 bridgehead atoms. The van der Waals surface area contributed by atoms with E-state index in [-0.39, 0.29) is 21.8 Å². The third kappa shape index (κ3) is 2.92. The second-order valence-electron chi connectivity index (χ2n) is 4.26. The molecule has 3 nitrogen and oxygen atoms in total. The van der Waals surface area contributed by atoms with Gasteiger partial charge in [0, 0.05) is 7.05 Å². The van der Waals surface area contributed by atoms with E-state index >= 15 is 0 Å². The first-order valence-corrected chi connectivity index (χ1v) is 6.52. The van der Waals surface area contributed by atoms with E-state index in [1.165, 1.54) is 17.0 Å². The highest BCUT2D eigenvalue weighted by Crippen LogP contribution is 2.27. The lowest BCUT2D eigenvalue weighted by Gasteiger charge is -2.19. The Kier molecular flexibility index (Phi) is 4.26. The van der Waals surface area contributed by atoms with Crippen LogP contribution in [0, 0.1) is 12.7 Å². The van der Waals surface area contributed by atoms with E-state index < -0.39 is 5.82 Å². The second-order valence-corrected chi connectivity index (χ2v) is 5.05. The molecule has 0 aliphatic heterocycles. The van der Waals surface area contributed by atoms with Gasteiger partial charge in [-0.15, -0.1) is 0 Å². The number of anilines is 1. The van der Waals surface area contributed by atoms with Crippen LogP contribution in [0.5, 0.6) is 0 Å². The first kappa shape index (κ1) is 14.8. The van der Waals surface area contributed by atoms with Gasteiger partial charge in [-0.3, -0.25) is 4.79 Å². The Balaban J connectivity index is 2.40. The highest BCUT2D eigenvalue weighted by atomic mass is 35.5. The Morgan fingerprint density at radius 3 is 2.60 bits per heavy atom. The lowest BCUT2D eigenvalue weighted by Crippen LogP contribution is -2.28. The summed E-state index contributed by atoms with van der Waals surface area (Å²) in [5.41, 5.74) is 1.34. The van der Waals surface area contributed by atoms with E-state index in [0.717, 1.165) is 6.07 Å². The van der Waals surface area contributed by atoms with Gasteiger partial charge < -0.3 is 4.90 Å².